The first-order chi connectivity index (χ1) is 12.3. The van der Waals surface area contributed by atoms with E-state index in [9.17, 15) is 17.6 Å². The number of cyclic esters (lactones) is 1. The Morgan fingerprint density at radius 2 is 1.88 bits per heavy atom. The summed E-state index contributed by atoms with van der Waals surface area (Å²) in [6.45, 7) is 2.34. The lowest BCUT2D eigenvalue weighted by molar-refractivity contribution is 0.139. The van der Waals surface area contributed by atoms with Gasteiger partial charge in [-0.25, -0.2) is 17.6 Å². The Morgan fingerprint density at radius 1 is 1.19 bits per heavy atom. The third kappa shape index (κ3) is 4.04. The fourth-order valence-corrected chi connectivity index (χ4v) is 3.73. The molecule has 7 heteroatoms. The molecule has 1 heterocycles. The highest BCUT2D eigenvalue weighted by atomic mass is 32.2. The van der Waals surface area contributed by atoms with E-state index in [-0.39, 0.29) is 11.9 Å². The highest BCUT2D eigenvalue weighted by Gasteiger charge is 2.31. The molecular formula is C19H20FNO4S. The van der Waals surface area contributed by atoms with Gasteiger partial charge in [0.1, 0.15) is 11.9 Å². The standard InChI is InChI=1S/C19H20FNO4S/c1-3-16-11-21(19(22)25-16)15-8-9-17(18(20)10-15)14-6-4-13(5-7-14)12-26(2,23)24/h4-10,16H,3,11-12H2,1-2H3/t16-/m0/s1. The molecule has 0 radical (unpaired) electrons. The van der Waals surface area contributed by atoms with Gasteiger partial charge in [-0.3, -0.25) is 4.90 Å². The second-order valence-electron chi connectivity index (χ2n) is 6.46. The minimum atomic E-state index is -3.11. The monoisotopic (exact) mass is 377 g/mol. The Bertz CT molecular complexity index is 925. The molecule has 1 aliphatic rings. The molecule has 0 bridgehead atoms. The van der Waals surface area contributed by atoms with E-state index in [1.165, 1.54) is 17.2 Å². The molecule has 2 aromatic carbocycles. The van der Waals surface area contributed by atoms with E-state index < -0.39 is 21.7 Å². The Balaban J connectivity index is 1.83. The minimum absolute atomic E-state index is 0.0512. The fraction of sp³-hybridized carbons (Fsp3) is 0.316. The van der Waals surface area contributed by atoms with Gasteiger partial charge < -0.3 is 4.74 Å². The van der Waals surface area contributed by atoms with Crippen molar-refractivity contribution in [2.75, 3.05) is 17.7 Å². The van der Waals surface area contributed by atoms with Crippen LogP contribution in [0, 0.1) is 5.82 Å². The topological polar surface area (TPSA) is 63.7 Å². The van der Waals surface area contributed by atoms with E-state index in [1.54, 1.807) is 36.4 Å². The average molecular weight is 377 g/mol. The molecule has 5 nitrogen and oxygen atoms in total. The Kier molecular flexibility index (Phi) is 5.00. The maximum atomic E-state index is 14.6. The third-order valence-electron chi connectivity index (χ3n) is 4.29. The molecule has 1 aliphatic heterocycles. The van der Waals surface area contributed by atoms with Crippen molar-refractivity contribution < 1.29 is 22.3 Å². The van der Waals surface area contributed by atoms with Gasteiger partial charge in [0.2, 0.25) is 0 Å². The van der Waals surface area contributed by atoms with E-state index in [0.717, 1.165) is 0 Å². The first-order valence-corrected chi connectivity index (χ1v) is 10.4. The molecule has 26 heavy (non-hydrogen) atoms. The van der Waals surface area contributed by atoms with Crippen LogP contribution in [0.2, 0.25) is 0 Å². The van der Waals surface area contributed by atoms with Gasteiger partial charge in [-0.05, 0) is 35.7 Å². The number of benzene rings is 2. The van der Waals surface area contributed by atoms with Crippen molar-refractivity contribution in [3.05, 3.63) is 53.8 Å². The fourth-order valence-electron chi connectivity index (χ4n) is 2.93. The highest BCUT2D eigenvalue weighted by molar-refractivity contribution is 7.89. The lowest BCUT2D eigenvalue weighted by Gasteiger charge is -2.14. The van der Waals surface area contributed by atoms with Crippen LogP contribution < -0.4 is 4.90 Å². The number of sulfone groups is 1. The number of hydrogen-bond acceptors (Lipinski definition) is 4. The number of amides is 1. The molecule has 1 atom stereocenters. The van der Waals surface area contributed by atoms with Crippen LogP contribution >= 0.6 is 0 Å². The lowest BCUT2D eigenvalue weighted by atomic mass is 10.0. The summed E-state index contributed by atoms with van der Waals surface area (Å²) in [5, 5.41) is 0. The maximum absolute atomic E-state index is 14.6. The lowest BCUT2D eigenvalue weighted by Crippen LogP contribution is -2.24. The van der Waals surface area contributed by atoms with Crippen molar-refractivity contribution in [1.82, 2.24) is 0 Å². The van der Waals surface area contributed by atoms with E-state index in [4.69, 9.17) is 4.74 Å². The third-order valence-corrected chi connectivity index (χ3v) is 5.15. The number of anilines is 1. The number of ether oxygens (including phenoxy) is 1. The number of rotatable bonds is 5. The molecule has 0 unspecified atom stereocenters. The van der Waals surface area contributed by atoms with Gasteiger partial charge in [-0.1, -0.05) is 31.2 Å². The molecule has 0 spiro atoms. The summed E-state index contributed by atoms with van der Waals surface area (Å²) in [6.07, 6.45) is 1.25. The first-order valence-electron chi connectivity index (χ1n) is 8.31. The van der Waals surface area contributed by atoms with Gasteiger partial charge >= 0.3 is 6.09 Å². The van der Waals surface area contributed by atoms with Crippen molar-refractivity contribution >= 4 is 21.6 Å². The van der Waals surface area contributed by atoms with Crippen LogP contribution in [0.15, 0.2) is 42.5 Å². The van der Waals surface area contributed by atoms with Crippen LogP contribution in [-0.4, -0.2) is 33.4 Å². The smallest absolute Gasteiger partial charge is 0.414 e. The van der Waals surface area contributed by atoms with E-state index in [0.29, 0.717) is 35.3 Å². The van der Waals surface area contributed by atoms with Gasteiger partial charge in [0.15, 0.2) is 9.84 Å². The molecule has 2 aromatic rings. The summed E-state index contributed by atoms with van der Waals surface area (Å²) < 4.78 is 42.5. The molecule has 0 aromatic heterocycles. The molecule has 0 N–H and O–H groups in total. The van der Waals surface area contributed by atoms with E-state index >= 15 is 0 Å². The maximum Gasteiger partial charge on any atom is 0.414 e. The van der Waals surface area contributed by atoms with Crippen molar-refractivity contribution in [2.24, 2.45) is 0 Å². The van der Waals surface area contributed by atoms with E-state index in [1.807, 2.05) is 6.92 Å². The number of halogens is 1. The van der Waals surface area contributed by atoms with Crippen molar-refractivity contribution in [3.8, 4) is 11.1 Å². The van der Waals surface area contributed by atoms with Gasteiger partial charge in [0.05, 0.1) is 18.0 Å². The molecule has 0 saturated carbocycles. The largest absolute Gasteiger partial charge is 0.444 e. The van der Waals surface area contributed by atoms with Crippen molar-refractivity contribution in [2.45, 2.75) is 25.2 Å². The van der Waals surface area contributed by atoms with Crippen LogP contribution in [0.5, 0.6) is 0 Å². The van der Waals surface area contributed by atoms with Crippen LogP contribution in [0.25, 0.3) is 11.1 Å². The highest BCUT2D eigenvalue weighted by Crippen LogP contribution is 2.29. The van der Waals surface area contributed by atoms with Gasteiger partial charge in [0, 0.05) is 11.8 Å². The number of carbonyl (C=O) groups excluding carboxylic acids is 1. The minimum Gasteiger partial charge on any atom is -0.444 e. The summed E-state index contributed by atoms with van der Waals surface area (Å²) in [5.74, 6) is -0.504. The van der Waals surface area contributed by atoms with Crippen LogP contribution in [-0.2, 0) is 20.3 Å². The number of carbonyl (C=O) groups is 1. The summed E-state index contributed by atoms with van der Waals surface area (Å²) in [5.41, 5.74) is 2.14. The quantitative estimate of drug-likeness (QED) is 0.796. The summed E-state index contributed by atoms with van der Waals surface area (Å²) >= 11 is 0. The Hall–Kier alpha value is -2.41. The number of nitrogens with zero attached hydrogens (tertiary/aromatic N) is 1. The van der Waals surface area contributed by atoms with Crippen LogP contribution in [0.4, 0.5) is 14.9 Å². The van der Waals surface area contributed by atoms with Crippen molar-refractivity contribution in [1.29, 1.82) is 0 Å². The zero-order valence-electron chi connectivity index (χ0n) is 14.6. The first kappa shape index (κ1) is 18.4. The molecule has 0 aliphatic carbocycles. The molecule has 138 valence electrons. The zero-order valence-corrected chi connectivity index (χ0v) is 15.4. The zero-order chi connectivity index (χ0) is 18.9. The normalized spacial score (nSPS) is 17.4. The molecule has 1 saturated heterocycles. The molecule has 1 amide bonds. The van der Waals surface area contributed by atoms with Crippen molar-refractivity contribution in [3.63, 3.8) is 0 Å². The van der Waals surface area contributed by atoms with E-state index in [2.05, 4.69) is 0 Å². The Labute approximate surface area is 152 Å². The SMILES string of the molecule is CC[C@H]1CN(c2ccc(-c3ccc(CS(C)(=O)=O)cc3)c(F)c2)C(=O)O1. The van der Waals surface area contributed by atoms with Gasteiger partial charge in [0.25, 0.3) is 0 Å². The second-order valence-corrected chi connectivity index (χ2v) is 8.60. The predicted molar refractivity (Wildman–Crippen MR) is 98.3 cm³/mol. The Morgan fingerprint density at radius 3 is 2.42 bits per heavy atom. The number of hydrogen-bond donors (Lipinski definition) is 0. The second kappa shape index (κ2) is 7.07. The van der Waals surface area contributed by atoms with Crippen LogP contribution in [0.3, 0.4) is 0 Å². The summed E-state index contributed by atoms with van der Waals surface area (Å²) in [7, 11) is -3.11. The van der Waals surface area contributed by atoms with Gasteiger partial charge in [-0.2, -0.15) is 0 Å². The van der Waals surface area contributed by atoms with Crippen LogP contribution in [0.1, 0.15) is 18.9 Å². The molecule has 1 fully saturated rings. The molecular weight excluding hydrogens is 357 g/mol. The predicted octanol–water partition coefficient (Wildman–Crippen LogP) is 3.77. The van der Waals surface area contributed by atoms with Gasteiger partial charge in [-0.15, -0.1) is 0 Å². The summed E-state index contributed by atoms with van der Waals surface area (Å²) in [6, 6.07) is 11.3. The summed E-state index contributed by atoms with van der Waals surface area (Å²) in [4.78, 5) is 13.3. The molecule has 3 rings (SSSR count). The average Bonchev–Trinajstić information content (AvgIpc) is 2.95.